The summed E-state index contributed by atoms with van der Waals surface area (Å²) in [5.74, 6) is -3.45. The minimum atomic E-state index is -1.13. The van der Waals surface area contributed by atoms with Crippen molar-refractivity contribution in [1.82, 2.24) is 5.32 Å². The Hall–Kier alpha value is -2.70. The fourth-order valence-corrected chi connectivity index (χ4v) is 1.75. The van der Waals surface area contributed by atoms with Crippen LogP contribution in [0.1, 0.15) is 32.2 Å². The molecule has 0 radical (unpaired) electrons. The highest BCUT2D eigenvalue weighted by Crippen LogP contribution is 2.15. The molecule has 1 aromatic heterocycles. The topological polar surface area (TPSA) is 79.5 Å². The summed E-state index contributed by atoms with van der Waals surface area (Å²) in [7, 11) is 0. The summed E-state index contributed by atoms with van der Waals surface area (Å²) in [6.07, 6.45) is 0. The molecule has 0 saturated carbocycles. The summed E-state index contributed by atoms with van der Waals surface area (Å²) in [5, 5.41) is 11.3. The molecule has 110 valence electrons. The number of carbonyl (C=O) groups excluding carboxylic acids is 1. The fraction of sp³-hybridized carbons (Fsp3) is 0.143. The summed E-state index contributed by atoms with van der Waals surface area (Å²) >= 11 is 0. The van der Waals surface area contributed by atoms with Gasteiger partial charge in [0, 0.05) is 5.56 Å². The zero-order valence-corrected chi connectivity index (χ0v) is 10.9. The first-order valence-electron chi connectivity index (χ1n) is 5.94. The molecule has 0 spiro atoms. The molecular weight excluding hydrogens is 284 g/mol. The summed E-state index contributed by atoms with van der Waals surface area (Å²) in [4.78, 5) is 22.6. The minimum absolute atomic E-state index is 0.00655. The SMILES string of the molecule is Cc1oc(CNC(=O)c2ccc(F)c(F)c2)cc1C(=O)O. The van der Waals surface area contributed by atoms with E-state index in [1.165, 1.54) is 13.0 Å². The van der Waals surface area contributed by atoms with Gasteiger partial charge in [0.05, 0.1) is 6.54 Å². The van der Waals surface area contributed by atoms with Gasteiger partial charge in [0.25, 0.3) is 5.91 Å². The van der Waals surface area contributed by atoms with Gasteiger partial charge in [0.15, 0.2) is 11.6 Å². The van der Waals surface area contributed by atoms with Gasteiger partial charge in [-0.2, -0.15) is 0 Å². The quantitative estimate of drug-likeness (QED) is 0.908. The average molecular weight is 295 g/mol. The Balaban J connectivity index is 2.05. The molecule has 0 fully saturated rings. The normalized spacial score (nSPS) is 10.4. The molecule has 0 aliphatic rings. The highest BCUT2D eigenvalue weighted by Gasteiger charge is 2.15. The summed E-state index contributed by atoms with van der Waals surface area (Å²) in [5.41, 5.74) is -0.0392. The Labute approximate surface area is 118 Å². The first-order valence-corrected chi connectivity index (χ1v) is 5.94. The van der Waals surface area contributed by atoms with Gasteiger partial charge < -0.3 is 14.8 Å². The van der Waals surface area contributed by atoms with Crippen LogP contribution in [0.15, 0.2) is 28.7 Å². The highest BCUT2D eigenvalue weighted by molar-refractivity contribution is 5.94. The third-order valence-electron chi connectivity index (χ3n) is 2.80. The van der Waals surface area contributed by atoms with Gasteiger partial charge in [-0.3, -0.25) is 4.79 Å². The number of nitrogens with one attached hydrogen (secondary N) is 1. The molecule has 5 nitrogen and oxygen atoms in total. The van der Waals surface area contributed by atoms with Gasteiger partial charge in [-0.05, 0) is 31.2 Å². The number of amides is 1. The smallest absolute Gasteiger partial charge is 0.339 e. The highest BCUT2D eigenvalue weighted by atomic mass is 19.2. The van der Waals surface area contributed by atoms with Crippen LogP contribution in [0.2, 0.25) is 0 Å². The summed E-state index contributed by atoms with van der Waals surface area (Å²) in [6, 6.07) is 4.07. The predicted molar refractivity (Wildman–Crippen MR) is 67.9 cm³/mol. The Morgan fingerprint density at radius 1 is 1.24 bits per heavy atom. The van der Waals surface area contributed by atoms with Crippen molar-refractivity contribution in [1.29, 1.82) is 0 Å². The van der Waals surface area contributed by atoms with E-state index in [1.54, 1.807) is 0 Å². The van der Waals surface area contributed by atoms with Crippen LogP contribution >= 0.6 is 0 Å². The molecule has 2 rings (SSSR count). The molecule has 7 heteroatoms. The minimum Gasteiger partial charge on any atom is -0.478 e. The lowest BCUT2D eigenvalue weighted by atomic mass is 10.2. The molecule has 2 N–H and O–H groups in total. The summed E-state index contributed by atoms with van der Waals surface area (Å²) in [6.45, 7) is 1.43. The van der Waals surface area contributed by atoms with Crippen molar-refractivity contribution in [3.05, 3.63) is 58.5 Å². The lowest BCUT2D eigenvalue weighted by Crippen LogP contribution is -2.22. The second-order valence-corrected chi connectivity index (χ2v) is 4.30. The van der Waals surface area contributed by atoms with Crippen LogP contribution in [-0.2, 0) is 6.54 Å². The number of carboxylic acid groups (broad SMARTS) is 1. The monoisotopic (exact) mass is 295 g/mol. The zero-order valence-electron chi connectivity index (χ0n) is 10.9. The number of benzene rings is 1. The Bertz CT molecular complexity index is 709. The Morgan fingerprint density at radius 3 is 2.52 bits per heavy atom. The van der Waals surface area contributed by atoms with E-state index in [9.17, 15) is 18.4 Å². The number of aryl methyl sites for hydroxylation is 1. The van der Waals surface area contributed by atoms with Crippen molar-refractivity contribution in [3.8, 4) is 0 Å². The lowest BCUT2D eigenvalue weighted by molar-refractivity contribution is 0.0694. The van der Waals surface area contributed by atoms with E-state index in [0.29, 0.717) is 0 Å². The molecular formula is C14H11F2NO4. The van der Waals surface area contributed by atoms with E-state index >= 15 is 0 Å². The third kappa shape index (κ3) is 3.25. The molecule has 1 amide bonds. The number of hydrogen-bond donors (Lipinski definition) is 2. The van der Waals surface area contributed by atoms with Crippen LogP contribution in [0, 0.1) is 18.6 Å². The van der Waals surface area contributed by atoms with E-state index in [0.717, 1.165) is 18.2 Å². The van der Waals surface area contributed by atoms with Gasteiger partial charge >= 0.3 is 5.97 Å². The first-order chi connectivity index (χ1) is 9.88. The number of carbonyl (C=O) groups is 2. The molecule has 0 aliphatic carbocycles. The maximum atomic E-state index is 13.0. The van der Waals surface area contributed by atoms with E-state index in [4.69, 9.17) is 9.52 Å². The summed E-state index contributed by atoms with van der Waals surface area (Å²) < 4.78 is 30.9. The van der Waals surface area contributed by atoms with Crippen LogP contribution in [0.25, 0.3) is 0 Å². The number of halogens is 2. The Kier molecular flexibility index (Phi) is 4.02. The van der Waals surface area contributed by atoms with E-state index in [-0.39, 0.29) is 29.2 Å². The molecule has 2 aromatic rings. The maximum absolute atomic E-state index is 13.0. The molecule has 0 unspecified atom stereocenters. The zero-order chi connectivity index (χ0) is 15.6. The van der Waals surface area contributed by atoms with Crippen LogP contribution in [0.5, 0.6) is 0 Å². The van der Waals surface area contributed by atoms with Gasteiger partial charge in [0.1, 0.15) is 17.1 Å². The van der Waals surface area contributed by atoms with Crippen LogP contribution < -0.4 is 5.32 Å². The van der Waals surface area contributed by atoms with Crippen molar-refractivity contribution in [2.45, 2.75) is 13.5 Å². The third-order valence-corrected chi connectivity index (χ3v) is 2.80. The van der Waals surface area contributed by atoms with E-state index in [2.05, 4.69) is 5.32 Å². The van der Waals surface area contributed by atoms with Crippen molar-refractivity contribution < 1.29 is 27.9 Å². The number of hydrogen-bond acceptors (Lipinski definition) is 3. The fourth-order valence-electron chi connectivity index (χ4n) is 1.75. The number of furan rings is 1. The molecule has 21 heavy (non-hydrogen) atoms. The second kappa shape index (κ2) is 5.74. The number of carboxylic acids is 1. The first kappa shape index (κ1) is 14.7. The second-order valence-electron chi connectivity index (χ2n) is 4.30. The van der Waals surface area contributed by atoms with Crippen LogP contribution in [0.4, 0.5) is 8.78 Å². The number of aromatic carboxylic acids is 1. The molecule has 1 heterocycles. The van der Waals surface area contributed by atoms with Crippen molar-refractivity contribution in [2.75, 3.05) is 0 Å². The van der Waals surface area contributed by atoms with Crippen molar-refractivity contribution >= 4 is 11.9 Å². The van der Waals surface area contributed by atoms with Crippen molar-refractivity contribution in [3.63, 3.8) is 0 Å². The standard InChI is InChI=1S/C14H11F2NO4/c1-7-10(14(19)20)5-9(21-7)6-17-13(18)8-2-3-11(15)12(16)4-8/h2-5H,6H2,1H3,(H,17,18)(H,19,20). The molecule has 0 bridgehead atoms. The number of rotatable bonds is 4. The predicted octanol–water partition coefficient (Wildman–Crippen LogP) is 2.49. The molecule has 1 aromatic carbocycles. The van der Waals surface area contributed by atoms with E-state index in [1.807, 2.05) is 0 Å². The van der Waals surface area contributed by atoms with Gasteiger partial charge in [-0.25, -0.2) is 13.6 Å². The molecule has 0 saturated heterocycles. The lowest BCUT2D eigenvalue weighted by Gasteiger charge is -2.03. The molecule has 0 aliphatic heterocycles. The Morgan fingerprint density at radius 2 is 1.95 bits per heavy atom. The van der Waals surface area contributed by atoms with Gasteiger partial charge in [0.2, 0.25) is 0 Å². The van der Waals surface area contributed by atoms with Crippen LogP contribution in [0.3, 0.4) is 0 Å². The van der Waals surface area contributed by atoms with E-state index < -0.39 is 23.5 Å². The van der Waals surface area contributed by atoms with Crippen LogP contribution in [-0.4, -0.2) is 17.0 Å². The average Bonchev–Trinajstić information content (AvgIpc) is 2.80. The van der Waals surface area contributed by atoms with Gasteiger partial charge in [-0.15, -0.1) is 0 Å². The largest absolute Gasteiger partial charge is 0.478 e. The van der Waals surface area contributed by atoms with Crippen molar-refractivity contribution in [2.24, 2.45) is 0 Å². The molecule has 0 atom stereocenters. The van der Waals surface area contributed by atoms with Gasteiger partial charge in [-0.1, -0.05) is 0 Å². The maximum Gasteiger partial charge on any atom is 0.339 e.